The molecule has 0 atom stereocenters. The van der Waals surface area contributed by atoms with E-state index < -0.39 is 23.5 Å². The number of aromatic carboxylic acids is 1. The van der Waals surface area contributed by atoms with Crippen LogP contribution in [-0.4, -0.2) is 26.1 Å². The number of carboxylic acid groups (broad SMARTS) is 1. The van der Waals surface area contributed by atoms with E-state index in [-0.39, 0.29) is 6.54 Å². The molecule has 0 amide bonds. The van der Waals surface area contributed by atoms with E-state index in [1.807, 2.05) is 0 Å². The molecule has 2 rings (SSSR count). The Labute approximate surface area is 113 Å². The summed E-state index contributed by atoms with van der Waals surface area (Å²) in [6, 6.07) is 3.07. The molecule has 2 aromatic rings. The summed E-state index contributed by atoms with van der Waals surface area (Å²) in [6.07, 6.45) is -4.85. The van der Waals surface area contributed by atoms with E-state index in [1.54, 1.807) is 0 Å². The molecule has 10 heteroatoms. The first-order chi connectivity index (χ1) is 8.79. The van der Waals surface area contributed by atoms with Crippen LogP contribution in [0.4, 0.5) is 13.2 Å². The molecule has 2 heterocycles. The third-order valence-electron chi connectivity index (χ3n) is 2.14. The SMILES string of the molecule is O=C(O)c1nnn(Cc2ccc(Cl)s2)c1C(F)(F)F. The molecule has 102 valence electrons. The van der Waals surface area contributed by atoms with Gasteiger partial charge in [0.2, 0.25) is 5.69 Å². The maximum Gasteiger partial charge on any atom is 0.435 e. The Morgan fingerprint density at radius 2 is 2.16 bits per heavy atom. The highest BCUT2D eigenvalue weighted by molar-refractivity contribution is 7.16. The van der Waals surface area contributed by atoms with E-state index in [9.17, 15) is 18.0 Å². The fraction of sp³-hybridized carbons (Fsp3) is 0.222. The molecule has 0 bridgehead atoms. The molecule has 19 heavy (non-hydrogen) atoms. The molecule has 0 radical (unpaired) electrons. The Morgan fingerprint density at radius 1 is 1.47 bits per heavy atom. The molecule has 0 saturated heterocycles. The fourth-order valence-corrected chi connectivity index (χ4v) is 2.50. The van der Waals surface area contributed by atoms with E-state index >= 15 is 0 Å². The van der Waals surface area contributed by atoms with Crippen LogP contribution in [-0.2, 0) is 12.7 Å². The second-order valence-corrected chi connectivity index (χ2v) is 5.25. The summed E-state index contributed by atoms with van der Waals surface area (Å²) in [5.41, 5.74) is -2.50. The molecule has 0 saturated carbocycles. The van der Waals surface area contributed by atoms with Crippen molar-refractivity contribution in [2.45, 2.75) is 12.7 Å². The first kappa shape index (κ1) is 13.8. The Morgan fingerprint density at radius 3 is 2.63 bits per heavy atom. The third kappa shape index (κ3) is 2.87. The minimum absolute atomic E-state index is 0.244. The van der Waals surface area contributed by atoms with E-state index in [2.05, 4.69) is 10.3 Å². The summed E-state index contributed by atoms with van der Waals surface area (Å²) < 4.78 is 39.4. The second kappa shape index (κ2) is 4.82. The zero-order valence-electron chi connectivity index (χ0n) is 8.98. The lowest BCUT2D eigenvalue weighted by molar-refractivity contribution is -0.144. The second-order valence-electron chi connectivity index (χ2n) is 3.45. The van der Waals surface area contributed by atoms with Gasteiger partial charge < -0.3 is 5.11 Å². The highest BCUT2D eigenvalue weighted by atomic mass is 35.5. The maximum atomic E-state index is 12.8. The van der Waals surface area contributed by atoms with E-state index in [0.717, 1.165) is 11.3 Å². The summed E-state index contributed by atoms with van der Waals surface area (Å²) in [7, 11) is 0. The van der Waals surface area contributed by atoms with Crippen LogP contribution in [0.3, 0.4) is 0 Å². The average Bonchev–Trinajstić information content (AvgIpc) is 2.84. The van der Waals surface area contributed by atoms with Gasteiger partial charge in [-0.15, -0.1) is 16.4 Å². The molecule has 1 N–H and O–H groups in total. The summed E-state index contributed by atoms with van der Waals surface area (Å²) >= 11 is 6.75. The molecule has 0 unspecified atom stereocenters. The van der Waals surface area contributed by atoms with Crippen molar-refractivity contribution in [1.82, 2.24) is 15.0 Å². The van der Waals surface area contributed by atoms with Gasteiger partial charge in [0.05, 0.1) is 10.9 Å². The predicted molar refractivity (Wildman–Crippen MR) is 60.4 cm³/mol. The molecule has 0 aliphatic heterocycles. The van der Waals surface area contributed by atoms with Crippen LogP contribution >= 0.6 is 22.9 Å². The number of thiophene rings is 1. The summed E-state index contributed by atoms with van der Waals surface area (Å²) in [4.78, 5) is 11.2. The van der Waals surface area contributed by atoms with Crippen LogP contribution in [0.25, 0.3) is 0 Å². The number of nitrogens with zero attached hydrogens (tertiary/aromatic N) is 3. The number of hydrogen-bond donors (Lipinski definition) is 1. The van der Waals surface area contributed by atoms with Gasteiger partial charge in [-0.2, -0.15) is 13.2 Å². The minimum Gasteiger partial charge on any atom is -0.476 e. The highest BCUT2D eigenvalue weighted by Crippen LogP contribution is 2.32. The Balaban J connectivity index is 2.43. The molecule has 0 aliphatic rings. The van der Waals surface area contributed by atoms with Crippen LogP contribution in [0.1, 0.15) is 21.1 Å². The van der Waals surface area contributed by atoms with Crippen molar-refractivity contribution in [2.24, 2.45) is 0 Å². The molecule has 0 aromatic carbocycles. The zero-order chi connectivity index (χ0) is 14.2. The van der Waals surface area contributed by atoms with Crippen molar-refractivity contribution in [3.05, 3.63) is 32.7 Å². The molecular formula is C9H5ClF3N3O2S. The summed E-state index contributed by atoms with van der Waals surface area (Å²) in [5.74, 6) is -1.78. The van der Waals surface area contributed by atoms with Gasteiger partial charge in [0.1, 0.15) is 0 Å². The Hall–Kier alpha value is -1.61. The topological polar surface area (TPSA) is 68.0 Å². The summed E-state index contributed by atoms with van der Waals surface area (Å²) in [6.45, 7) is -0.244. The van der Waals surface area contributed by atoms with Crippen LogP contribution in [0.15, 0.2) is 12.1 Å². The van der Waals surface area contributed by atoms with Crippen molar-refractivity contribution in [3.63, 3.8) is 0 Å². The number of rotatable bonds is 3. The van der Waals surface area contributed by atoms with Gasteiger partial charge in [-0.3, -0.25) is 0 Å². The van der Waals surface area contributed by atoms with Gasteiger partial charge in [0.25, 0.3) is 0 Å². The maximum absolute atomic E-state index is 12.8. The van der Waals surface area contributed by atoms with Gasteiger partial charge in [-0.1, -0.05) is 16.8 Å². The van der Waals surface area contributed by atoms with Crippen molar-refractivity contribution in [2.75, 3.05) is 0 Å². The highest BCUT2D eigenvalue weighted by Gasteiger charge is 2.41. The van der Waals surface area contributed by atoms with Crippen molar-refractivity contribution >= 4 is 28.9 Å². The van der Waals surface area contributed by atoms with Crippen molar-refractivity contribution in [3.8, 4) is 0 Å². The smallest absolute Gasteiger partial charge is 0.435 e. The van der Waals surface area contributed by atoms with Gasteiger partial charge in [0.15, 0.2) is 5.69 Å². The molecule has 0 spiro atoms. The number of carbonyl (C=O) groups is 1. The predicted octanol–water partition coefficient (Wildman–Crippen LogP) is 2.76. The number of alkyl halides is 3. The number of aromatic nitrogens is 3. The normalized spacial score (nSPS) is 11.8. The van der Waals surface area contributed by atoms with Crippen LogP contribution in [0.5, 0.6) is 0 Å². The first-order valence-corrected chi connectivity index (χ1v) is 5.96. The van der Waals surface area contributed by atoms with Crippen molar-refractivity contribution in [1.29, 1.82) is 0 Å². The number of carboxylic acids is 1. The monoisotopic (exact) mass is 311 g/mol. The van der Waals surface area contributed by atoms with Crippen molar-refractivity contribution < 1.29 is 23.1 Å². The van der Waals surface area contributed by atoms with Crippen LogP contribution < -0.4 is 0 Å². The van der Waals surface area contributed by atoms with Gasteiger partial charge in [0, 0.05) is 4.88 Å². The standard InChI is InChI=1S/C9H5ClF3N3O2S/c10-5-2-1-4(19-5)3-16-7(9(11,12)13)6(8(17)18)14-15-16/h1-2H,3H2,(H,17,18). The molecule has 0 aliphatic carbocycles. The lowest BCUT2D eigenvalue weighted by Crippen LogP contribution is -2.18. The Kier molecular flexibility index (Phi) is 3.50. The number of halogens is 4. The van der Waals surface area contributed by atoms with Crippen LogP contribution in [0, 0.1) is 0 Å². The fourth-order valence-electron chi connectivity index (χ4n) is 1.43. The molecule has 2 aromatic heterocycles. The van der Waals surface area contributed by atoms with Crippen LogP contribution in [0.2, 0.25) is 4.34 Å². The van der Waals surface area contributed by atoms with E-state index in [4.69, 9.17) is 16.7 Å². The quantitative estimate of drug-likeness (QED) is 0.946. The van der Waals surface area contributed by atoms with Gasteiger partial charge in [-0.25, -0.2) is 9.48 Å². The lowest BCUT2D eigenvalue weighted by atomic mass is 10.3. The summed E-state index contributed by atoms with van der Waals surface area (Å²) in [5, 5.41) is 15.0. The Bertz CT molecular complexity index is 622. The lowest BCUT2D eigenvalue weighted by Gasteiger charge is -2.09. The van der Waals surface area contributed by atoms with E-state index in [0.29, 0.717) is 13.9 Å². The zero-order valence-corrected chi connectivity index (χ0v) is 10.6. The number of hydrogen-bond acceptors (Lipinski definition) is 4. The molecular weight excluding hydrogens is 307 g/mol. The third-order valence-corrected chi connectivity index (χ3v) is 3.36. The largest absolute Gasteiger partial charge is 0.476 e. The minimum atomic E-state index is -4.85. The first-order valence-electron chi connectivity index (χ1n) is 4.77. The molecule has 5 nitrogen and oxygen atoms in total. The van der Waals surface area contributed by atoms with Gasteiger partial charge >= 0.3 is 12.1 Å². The van der Waals surface area contributed by atoms with E-state index in [1.165, 1.54) is 12.1 Å². The molecule has 0 fully saturated rings. The average molecular weight is 312 g/mol. The van der Waals surface area contributed by atoms with Gasteiger partial charge in [-0.05, 0) is 12.1 Å².